The van der Waals surface area contributed by atoms with Gasteiger partial charge in [0.2, 0.25) is 5.91 Å². The lowest BCUT2D eigenvalue weighted by atomic mass is 10.00. The largest absolute Gasteiger partial charge is 0.379 e. The predicted molar refractivity (Wildman–Crippen MR) is 79.5 cm³/mol. The molecule has 1 amide bonds. The molecule has 2 unspecified atom stereocenters. The van der Waals surface area contributed by atoms with E-state index in [1.165, 1.54) is 6.42 Å². The van der Waals surface area contributed by atoms with Crippen molar-refractivity contribution in [3.05, 3.63) is 0 Å². The van der Waals surface area contributed by atoms with Crippen LogP contribution in [-0.2, 0) is 9.53 Å². The molecule has 0 radical (unpaired) electrons. The van der Waals surface area contributed by atoms with Gasteiger partial charge in [-0.1, -0.05) is 0 Å². The fourth-order valence-electron chi connectivity index (χ4n) is 3.10. The van der Waals surface area contributed by atoms with E-state index in [1.807, 2.05) is 6.92 Å². The lowest BCUT2D eigenvalue weighted by Gasteiger charge is -2.39. The molecule has 116 valence electrons. The molecule has 5 nitrogen and oxygen atoms in total. The molecule has 0 aromatic carbocycles. The summed E-state index contributed by atoms with van der Waals surface area (Å²) in [4.78, 5) is 16.9. The van der Waals surface area contributed by atoms with E-state index in [0.29, 0.717) is 18.4 Å². The Labute approximate surface area is 122 Å². The van der Waals surface area contributed by atoms with Gasteiger partial charge in [-0.25, -0.2) is 0 Å². The van der Waals surface area contributed by atoms with Gasteiger partial charge in [-0.2, -0.15) is 0 Å². The van der Waals surface area contributed by atoms with Crippen molar-refractivity contribution in [1.29, 1.82) is 0 Å². The first kappa shape index (κ1) is 15.7. The van der Waals surface area contributed by atoms with Gasteiger partial charge in [0.25, 0.3) is 0 Å². The first-order valence-corrected chi connectivity index (χ1v) is 8.02. The van der Waals surface area contributed by atoms with Gasteiger partial charge >= 0.3 is 0 Å². The summed E-state index contributed by atoms with van der Waals surface area (Å²) in [5.41, 5.74) is 5.76. The second-order valence-corrected chi connectivity index (χ2v) is 6.17. The van der Waals surface area contributed by atoms with Crippen molar-refractivity contribution in [2.75, 3.05) is 39.4 Å². The number of piperidine rings is 1. The van der Waals surface area contributed by atoms with Crippen LogP contribution < -0.4 is 5.73 Å². The molecule has 0 bridgehead atoms. The van der Waals surface area contributed by atoms with Crippen LogP contribution in [0.2, 0.25) is 0 Å². The number of nitrogens with two attached hydrogens (primary N) is 1. The molecule has 2 heterocycles. The Balaban J connectivity index is 1.85. The van der Waals surface area contributed by atoms with Gasteiger partial charge in [0.15, 0.2) is 0 Å². The van der Waals surface area contributed by atoms with Crippen LogP contribution in [-0.4, -0.2) is 67.2 Å². The third-order valence-corrected chi connectivity index (χ3v) is 4.33. The van der Waals surface area contributed by atoms with Gasteiger partial charge in [-0.15, -0.1) is 0 Å². The summed E-state index contributed by atoms with van der Waals surface area (Å²) < 4.78 is 5.39. The monoisotopic (exact) mass is 283 g/mol. The van der Waals surface area contributed by atoms with E-state index < -0.39 is 0 Å². The number of hydrogen-bond acceptors (Lipinski definition) is 4. The van der Waals surface area contributed by atoms with Gasteiger partial charge in [-0.05, 0) is 32.6 Å². The van der Waals surface area contributed by atoms with Crippen molar-refractivity contribution in [1.82, 2.24) is 9.80 Å². The van der Waals surface area contributed by atoms with E-state index in [0.717, 1.165) is 58.7 Å². The summed E-state index contributed by atoms with van der Waals surface area (Å²) in [5, 5.41) is 0. The van der Waals surface area contributed by atoms with E-state index >= 15 is 0 Å². The van der Waals surface area contributed by atoms with Gasteiger partial charge in [0.1, 0.15) is 0 Å². The van der Waals surface area contributed by atoms with Crippen LogP contribution in [0.25, 0.3) is 0 Å². The van der Waals surface area contributed by atoms with Crippen molar-refractivity contribution in [3.63, 3.8) is 0 Å². The topological polar surface area (TPSA) is 58.8 Å². The van der Waals surface area contributed by atoms with Crippen LogP contribution in [0.1, 0.15) is 39.0 Å². The molecule has 2 aliphatic rings. The van der Waals surface area contributed by atoms with Crippen molar-refractivity contribution in [2.45, 2.75) is 51.1 Å². The van der Waals surface area contributed by atoms with Crippen LogP contribution >= 0.6 is 0 Å². The van der Waals surface area contributed by atoms with Crippen LogP contribution in [0.3, 0.4) is 0 Å². The number of amides is 1. The Kier molecular flexibility index (Phi) is 6.26. The van der Waals surface area contributed by atoms with E-state index in [-0.39, 0.29) is 6.04 Å². The highest BCUT2D eigenvalue weighted by atomic mass is 16.5. The summed E-state index contributed by atoms with van der Waals surface area (Å²) in [6, 6.07) is 0.504. The van der Waals surface area contributed by atoms with E-state index in [1.54, 1.807) is 0 Å². The third kappa shape index (κ3) is 4.72. The summed E-state index contributed by atoms with van der Waals surface area (Å²) in [6.45, 7) is 7.54. The SMILES string of the molecule is CC(N)CCC(=O)N1CCCCC1CN1CCOCC1. The molecule has 0 aliphatic carbocycles. The molecule has 2 atom stereocenters. The average Bonchev–Trinajstić information content (AvgIpc) is 2.46. The summed E-state index contributed by atoms with van der Waals surface area (Å²) in [6.07, 6.45) is 4.91. The Bertz CT molecular complexity index is 303. The number of likely N-dealkylation sites (tertiary alicyclic amines) is 1. The highest BCUT2D eigenvalue weighted by molar-refractivity contribution is 5.76. The third-order valence-electron chi connectivity index (χ3n) is 4.33. The minimum atomic E-state index is 0.112. The van der Waals surface area contributed by atoms with E-state index in [2.05, 4.69) is 9.80 Å². The van der Waals surface area contributed by atoms with Gasteiger partial charge in [0, 0.05) is 44.7 Å². The second-order valence-electron chi connectivity index (χ2n) is 6.17. The minimum Gasteiger partial charge on any atom is -0.379 e. The molecule has 5 heteroatoms. The highest BCUT2D eigenvalue weighted by Crippen LogP contribution is 2.20. The standard InChI is InChI=1S/C15H29N3O2/c1-13(16)5-6-15(19)18-7-3-2-4-14(18)12-17-8-10-20-11-9-17/h13-14H,2-12,16H2,1H3. The number of morpholine rings is 1. The number of ether oxygens (including phenoxy) is 1. The van der Waals surface area contributed by atoms with Crippen LogP contribution in [0.5, 0.6) is 0 Å². The van der Waals surface area contributed by atoms with Crippen molar-refractivity contribution in [2.24, 2.45) is 5.73 Å². The number of rotatable bonds is 5. The first-order chi connectivity index (χ1) is 9.66. The molecule has 2 rings (SSSR count). The molecule has 0 saturated carbocycles. The molecular weight excluding hydrogens is 254 g/mol. The summed E-state index contributed by atoms with van der Waals surface area (Å²) >= 11 is 0. The highest BCUT2D eigenvalue weighted by Gasteiger charge is 2.28. The van der Waals surface area contributed by atoms with Gasteiger partial charge in [0.05, 0.1) is 13.2 Å². The molecule has 2 N–H and O–H groups in total. The Morgan fingerprint density at radius 3 is 2.75 bits per heavy atom. The number of carbonyl (C=O) groups excluding carboxylic acids is 1. The maximum absolute atomic E-state index is 12.4. The molecular formula is C15H29N3O2. The predicted octanol–water partition coefficient (Wildman–Crippen LogP) is 0.827. The molecule has 0 aromatic heterocycles. The van der Waals surface area contributed by atoms with Crippen molar-refractivity contribution >= 4 is 5.91 Å². The lowest BCUT2D eigenvalue weighted by molar-refractivity contribution is -0.135. The number of nitrogens with zero attached hydrogens (tertiary/aromatic N) is 2. The zero-order chi connectivity index (χ0) is 14.4. The number of carbonyl (C=O) groups is 1. The zero-order valence-electron chi connectivity index (χ0n) is 12.7. The van der Waals surface area contributed by atoms with Gasteiger partial charge < -0.3 is 15.4 Å². The Hall–Kier alpha value is -0.650. The van der Waals surface area contributed by atoms with Crippen LogP contribution in [0.4, 0.5) is 0 Å². The molecule has 2 saturated heterocycles. The van der Waals surface area contributed by atoms with Crippen LogP contribution in [0.15, 0.2) is 0 Å². The molecule has 2 fully saturated rings. The molecule has 20 heavy (non-hydrogen) atoms. The summed E-state index contributed by atoms with van der Waals surface area (Å²) in [7, 11) is 0. The normalized spacial score (nSPS) is 26.5. The maximum atomic E-state index is 12.4. The lowest BCUT2D eigenvalue weighted by Crippen LogP contribution is -2.51. The van der Waals surface area contributed by atoms with E-state index in [9.17, 15) is 4.79 Å². The molecule has 2 aliphatic heterocycles. The smallest absolute Gasteiger partial charge is 0.222 e. The Morgan fingerprint density at radius 1 is 1.30 bits per heavy atom. The quantitative estimate of drug-likeness (QED) is 0.812. The first-order valence-electron chi connectivity index (χ1n) is 8.02. The van der Waals surface area contributed by atoms with Crippen LogP contribution in [0, 0.1) is 0 Å². The van der Waals surface area contributed by atoms with Crippen molar-refractivity contribution in [3.8, 4) is 0 Å². The van der Waals surface area contributed by atoms with Gasteiger partial charge in [-0.3, -0.25) is 9.69 Å². The van der Waals surface area contributed by atoms with Crippen molar-refractivity contribution < 1.29 is 9.53 Å². The molecule has 0 spiro atoms. The maximum Gasteiger partial charge on any atom is 0.222 e. The fraction of sp³-hybridized carbons (Fsp3) is 0.933. The number of hydrogen-bond donors (Lipinski definition) is 1. The Morgan fingerprint density at radius 2 is 2.05 bits per heavy atom. The van der Waals surface area contributed by atoms with E-state index in [4.69, 9.17) is 10.5 Å². The zero-order valence-corrected chi connectivity index (χ0v) is 12.7. The second kappa shape index (κ2) is 7.96. The molecule has 0 aromatic rings. The fourth-order valence-corrected chi connectivity index (χ4v) is 3.10. The minimum absolute atomic E-state index is 0.112. The average molecular weight is 283 g/mol. The summed E-state index contributed by atoms with van der Waals surface area (Å²) in [5.74, 6) is 0.292.